The van der Waals surface area contributed by atoms with Crippen LogP contribution in [0.15, 0.2) is 29.4 Å². The average molecular weight is 232 g/mol. The maximum atomic E-state index is 5.14. The molecule has 1 aromatic heterocycles. The fraction of sp³-hybridized carbons (Fsp3) is 0.200. The summed E-state index contributed by atoms with van der Waals surface area (Å²) in [4.78, 5) is 0. The first kappa shape index (κ1) is 11.1. The van der Waals surface area contributed by atoms with E-state index in [1.165, 1.54) is 0 Å². The number of nitrogens with one attached hydrogen (secondary N) is 2. The quantitative estimate of drug-likeness (QED) is 0.607. The van der Waals surface area contributed by atoms with Gasteiger partial charge in [-0.25, -0.2) is 5.43 Å². The average Bonchev–Trinajstić information content (AvgIpc) is 2.89. The van der Waals surface area contributed by atoms with E-state index in [1.54, 1.807) is 7.11 Å². The van der Waals surface area contributed by atoms with E-state index in [1.807, 2.05) is 31.2 Å². The lowest BCUT2D eigenvalue weighted by atomic mass is 10.1. The standard InChI is InChI=1S/C10H12N6O/c1-7(11-12-10-13-15-16-14-10)8-4-3-5-9(6-8)17-2/h3-6H,1-2H3,(H2,12,13,14,15,16)/b11-7+. The van der Waals surface area contributed by atoms with Crippen LogP contribution in [0.4, 0.5) is 5.95 Å². The van der Waals surface area contributed by atoms with Gasteiger partial charge in [-0.1, -0.05) is 17.2 Å². The Bertz CT molecular complexity index is 507. The lowest BCUT2D eigenvalue weighted by Gasteiger charge is -2.03. The second kappa shape index (κ2) is 5.06. The molecule has 0 aliphatic rings. The third kappa shape index (κ3) is 2.77. The number of hydrogen-bond acceptors (Lipinski definition) is 6. The highest BCUT2D eigenvalue weighted by Crippen LogP contribution is 2.13. The molecule has 17 heavy (non-hydrogen) atoms. The summed E-state index contributed by atoms with van der Waals surface area (Å²) in [5, 5.41) is 17.3. The minimum Gasteiger partial charge on any atom is -0.497 e. The fourth-order valence-electron chi connectivity index (χ4n) is 1.26. The molecule has 0 radical (unpaired) electrons. The Morgan fingerprint density at radius 3 is 3.06 bits per heavy atom. The molecule has 1 aromatic carbocycles. The number of benzene rings is 1. The van der Waals surface area contributed by atoms with E-state index >= 15 is 0 Å². The number of nitrogens with zero attached hydrogens (tertiary/aromatic N) is 4. The number of anilines is 1. The van der Waals surface area contributed by atoms with Gasteiger partial charge in [0.15, 0.2) is 0 Å². The molecule has 2 N–H and O–H groups in total. The van der Waals surface area contributed by atoms with Crippen LogP contribution in [0.3, 0.4) is 0 Å². The van der Waals surface area contributed by atoms with Crippen LogP contribution in [0.25, 0.3) is 0 Å². The number of H-pyrrole nitrogens is 1. The van der Waals surface area contributed by atoms with Crippen LogP contribution < -0.4 is 10.2 Å². The first-order valence-electron chi connectivity index (χ1n) is 4.98. The number of hydrazone groups is 1. The Morgan fingerprint density at radius 1 is 1.47 bits per heavy atom. The van der Waals surface area contributed by atoms with Gasteiger partial charge >= 0.3 is 0 Å². The molecule has 2 aromatic rings. The van der Waals surface area contributed by atoms with Gasteiger partial charge < -0.3 is 4.74 Å². The Balaban J connectivity index is 2.12. The van der Waals surface area contributed by atoms with Crippen molar-refractivity contribution in [3.63, 3.8) is 0 Å². The summed E-state index contributed by atoms with van der Waals surface area (Å²) < 4.78 is 5.14. The van der Waals surface area contributed by atoms with E-state index in [2.05, 4.69) is 31.2 Å². The number of ether oxygens (including phenoxy) is 1. The topological polar surface area (TPSA) is 88.1 Å². The van der Waals surface area contributed by atoms with E-state index in [9.17, 15) is 0 Å². The Hall–Kier alpha value is -2.44. The molecule has 2 rings (SSSR count). The molecule has 0 atom stereocenters. The summed E-state index contributed by atoms with van der Waals surface area (Å²) in [5.41, 5.74) is 4.45. The van der Waals surface area contributed by atoms with E-state index in [0.29, 0.717) is 5.95 Å². The van der Waals surface area contributed by atoms with Gasteiger partial charge in [0, 0.05) is 5.56 Å². The van der Waals surface area contributed by atoms with Crippen molar-refractivity contribution in [3.8, 4) is 5.75 Å². The first-order valence-corrected chi connectivity index (χ1v) is 4.98. The maximum Gasteiger partial charge on any atom is 0.283 e. The van der Waals surface area contributed by atoms with Gasteiger partial charge in [-0.15, -0.1) is 5.10 Å². The van der Waals surface area contributed by atoms with Crippen LogP contribution in [0.2, 0.25) is 0 Å². The number of methoxy groups -OCH3 is 1. The van der Waals surface area contributed by atoms with Gasteiger partial charge in [-0.2, -0.15) is 10.3 Å². The Labute approximate surface area is 97.9 Å². The fourth-order valence-corrected chi connectivity index (χ4v) is 1.26. The minimum absolute atomic E-state index is 0.326. The van der Waals surface area contributed by atoms with Gasteiger partial charge in [0.05, 0.1) is 12.8 Å². The predicted octanol–water partition coefficient (Wildman–Crippen LogP) is 1.04. The highest BCUT2D eigenvalue weighted by atomic mass is 16.5. The van der Waals surface area contributed by atoms with Gasteiger partial charge in [0.2, 0.25) is 0 Å². The molecule has 0 bridgehead atoms. The molecular weight excluding hydrogens is 220 g/mol. The van der Waals surface area contributed by atoms with Crippen molar-refractivity contribution < 1.29 is 4.74 Å². The summed E-state index contributed by atoms with van der Waals surface area (Å²) in [7, 11) is 1.63. The van der Waals surface area contributed by atoms with Gasteiger partial charge in [0.25, 0.3) is 5.95 Å². The van der Waals surface area contributed by atoms with Gasteiger partial charge in [-0.3, -0.25) is 0 Å². The van der Waals surface area contributed by atoms with Crippen molar-refractivity contribution in [2.24, 2.45) is 5.10 Å². The minimum atomic E-state index is 0.326. The molecule has 0 aliphatic carbocycles. The number of rotatable bonds is 4. The van der Waals surface area contributed by atoms with Gasteiger partial charge in [0.1, 0.15) is 5.75 Å². The molecule has 0 saturated carbocycles. The van der Waals surface area contributed by atoms with E-state index in [4.69, 9.17) is 4.74 Å². The van der Waals surface area contributed by atoms with Gasteiger partial charge in [-0.05, 0) is 24.3 Å². The van der Waals surface area contributed by atoms with Crippen LogP contribution in [0.5, 0.6) is 5.75 Å². The number of hydrogen-bond donors (Lipinski definition) is 2. The molecule has 0 unspecified atom stereocenters. The number of aromatic amines is 1. The van der Waals surface area contributed by atoms with Crippen LogP contribution in [0.1, 0.15) is 12.5 Å². The molecule has 88 valence electrons. The summed E-state index contributed by atoms with van der Waals surface area (Å²) in [5.74, 6) is 1.11. The lowest BCUT2D eigenvalue weighted by Crippen LogP contribution is -2.01. The summed E-state index contributed by atoms with van der Waals surface area (Å²) in [6, 6.07) is 7.63. The third-order valence-electron chi connectivity index (χ3n) is 2.16. The SMILES string of the molecule is COc1cccc(/C(C)=N/Nc2nn[nH]n2)c1. The molecule has 0 saturated heterocycles. The first-order chi connectivity index (χ1) is 8.29. The van der Waals surface area contributed by atoms with Crippen LogP contribution in [0, 0.1) is 0 Å². The van der Waals surface area contributed by atoms with Crippen molar-refractivity contribution in [2.75, 3.05) is 12.5 Å². The highest BCUT2D eigenvalue weighted by molar-refractivity contribution is 5.99. The second-order valence-electron chi connectivity index (χ2n) is 3.28. The number of aromatic nitrogens is 4. The van der Waals surface area contributed by atoms with Crippen molar-refractivity contribution in [1.82, 2.24) is 20.6 Å². The van der Waals surface area contributed by atoms with Crippen molar-refractivity contribution >= 4 is 11.7 Å². The van der Waals surface area contributed by atoms with Crippen LogP contribution >= 0.6 is 0 Å². The van der Waals surface area contributed by atoms with Crippen molar-refractivity contribution in [2.45, 2.75) is 6.92 Å². The summed E-state index contributed by atoms with van der Waals surface area (Å²) in [6.07, 6.45) is 0. The smallest absolute Gasteiger partial charge is 0.283 e. The van der Waals surface area contributed by atoms with Crippen LogP contribution in [-0.2, 0) is 0 Å². The molecule has 0 aliphatic heterocycles. The Morgan fingerprint density at radius 2 is 2.35 bits per heavy atom. The van der Waals surface area contributed by atoms with E-state index in [0.717, 1.165) is 17.0 Å². The molecule has 7 nitrogen and oxygen atoms in total. The summed E-state index contributed by atoms with van der Waals surface area (Å²) >= 11 is 0. The molecular formula is C10H12N6O. The maximum absolute atomic E-state index is 5.14. The third-order valence-corrected chi connectivity index (χ3v) is 2.16. The zero-order valence-electron chi connectivity index (χ0n) is 9.51. The normalized spacial score (nSPS) is 11.3. The van der Waals surface area contributed by atoms with E-state index < -0.39 is 0 Å². The van der Waals surface area contributed by atoms with E-state index in [-0.39, 0.29) is 0 Å². The molecule has 0 amide bonds. The van der Waals surface area contributed by atoms with Crippen molar-refractivity contribution in [3.05, 3.63) is 29.8 Å². The molecule has 0 fully saturated rings. The monoisotopic (exact) mass is 232 g/mol. The second-order valence-corrected chi connectivity index (χ2v) is 3.28. The molecule has 0 spiro atoms. The molecule has 1 heterocycles. The van der Waals surface area contributed by atoms with Crippen LogP contribution in [-0.4, -0.2) is 33.4 Å². The predicted molar refractivity (Wildman–Crippen MR) is 63.0 cm³/mol. The highest BCUT2D eigenvalue weighted by Gasteiger charge is 2.00. The summed E-state index contributed by atoms with van der Waals surface area (Å²) in [6.45, 7) is 1.88. The molecule has 7 heteroatoms. The zero-order chi connectivity index (χ0) is 12.1. The number of tetrazole rings is 1. The van der Waals surface area contributed by atoms with Crippen molar-refractivity contribution in [1.29, 1.82) is 0 Å². The largest absolute Gasteiger partial charge is 0.497 e. The lowest BCUT2D eigenvalue weighted by molar-refractivity contribution is 0.414. The zero-order valence-corrected chi connectivity index (χ0v) is 9.51. The Kier molecular flexibility index (Phi) is 3.29.